The lowest BCUT2D eigenvalue weighted by atomic mass is 10.1. The molecule has 0 radical (unpaired) electrons. The summed E-state index contributed by atoms with van der Waals surface area (Å²) in [4.78, 5) is 25.5. The van der Waals surface area contributed by atoms with Gasteiger partial charge in [-0.1, -0.05) is 18.0 Å². The van der Waals surface area contributed by atoms with Gasteiger partial charge in [-0.25, -0.2) is 19.0 Å². The average Bonchev–Trinajstić information content (AvgIpc) is 2.97. The van der Waals surface area contributed by atoms with Gasteiger partial charge < -0.3 is 0 Å². The van der Waals surface area contributed by atoms with E-state index in [4.69, 9.17) is 11.6 Å². The molecule has 2 aromatic rings. The smallest absolute Gasteiger partial charge is 0.252 e. The fraction of sp³-hybridized carbons (Fsp3) is 0.500. The van der Waals surface area contributed by atoms with E-state index in [9.17, 15) is 14.0 Å². The van der Waals surface area contributed by atoms with E-state index in [2.05, 4.69) is 10.4 Å². The quantitative estimate of drug-likeness (QED) is 0.761. The molecular weight excluding hydrogens is 363 g/mol. The van der Waals surface area contributed by atoms with Crippen LogP contribution >= 0.6 is 11.6 Å². The predicted octanol–water partition coefficient (Wildman–Crippen LogP) is 2.30. The maximum absolute atomic E-state index is 14.1. The molecule has 0 N–H and O–H groups in total. The molecule has 10 heteroatoms. The molecule has 140 valence electrons. The molecule has 1 aliphatic heterocycles. The molecule has 1 fully saturated rings. The molecule has 0 saturated carbocycles. The minimum Gasteiger partial charge on any atom is -0.252 e. The summed E-state index contributed by atoms with van der Waals surface area (Å²) in [6.07, 6.45) is 3.07. The Morgan fingerprint density at radius 2 is 1.92 bits per heavy atom. The van der Waals surface area contributed by atoms with Gasteiger partial charge in [0.1, 0.15) is 5.69 Å². The second-order valence-corrected chi connectivity index (χ2v) is 6.85. The van der Waals surface area contributed by atoms with Crippen LogP contribution in [-0.4, -0.2) is 55.0 Å². The van der Waals surface area contributed by atoms with E-state index in [1.54, 1.807) is 0 Å². The first kappa shape index (κ1) is 18.5. The second kappa shape index (κ2) is 7.55. The summed E-state index contributed by atoms with van der Waals surface area (Å²) < 4.78 is 15.5. The van der Waals surface area contributed by atoms with Crippen molar-refractivity contribution in [2.45, 2.75) is 39.2 Å². The highest BCUT2D eigenvalue weighted by Gasteiger charge is 2.30. The molecular formula is C16H20ClFN6O2. The van der Waals surface area contributed by atoms with E-state index in [0.29, 0.717) is 4.68 Å². The number of rotatable bonds is 3. The van der Waals surface area contributed by atoms with E-state index in [1.807, 2.05) is 18.9 Å². The molecule has 1 amide bonds. The summed E-state index contributed by atoms with van der Waals surface area (Å²) in [6.45, 7) is 5.19. The Labute approximate surface area is 154 Å². The Bertz CT molecular complexity index is 859. The number of hydrogen-bond donors (Lipinski definition) is 0. The Balaban J connectivity index is 1.95. The summed E-state index contributed by atoms with van der Waals surface area (Å²) in [5.74, 6) is -0.726. The van der Waals surface area contributed by atoms with Crippen LogP contribution in [0, 0.1) is 5.82 Å². The molecule has 26 heavy (non-hydrogen) atoms. The third kappa shape index (κ3) is 3.49. The van der Waals surface area contributed by atoms with Crippen LogP contribution in [0.3, 0.4) is 0 Å². The zero-order valence-electron chi connectivity index (χ0n) is 14.6. The normalized spacial score (nSPS) is 15.4. The highest BCUT2D eigenvalue weighted by atomic mass is 35.5. The molecule has 1 aromatic carbocycles. The largest absolute Gasteiger partial charge is 0.377 e. The average molecular weight is 383 g/mol. The third-order valence-electron chi connectivity index (χ3n) is 4.22. The van der Waals surface area contributed by atoms with Gasteiger partial charge in [0.2, 0.25) is 0 Å². The fourth-order valence-electron chi connectivity index (χ4n) is 3.03. The SMILES string of the molecule is CC(C)N(C(=O)n1nnn(-c2ccc(Cl)cc2F)c1=O)N1CCCCC1. The molecule has 0 unspecified atom stereocenters. The van der Waals surface area contributed by atoms with Crippen LogP contribution in [0.25, 0.3) is 5.69 Å². The first-order chi connectivity index (χ1) is 12.4. The lowest BCUT2D eigenvalue weighted by Crippen LogP contribution is -2.55. The predicted molar refractivity (Wildman–Crippen MR) is 93.8 cm³/mol. The molecule has 0 atom stereocenters. The molecule has 2 heterocycles. The summed E-state index contributed by atoms with van der Waals surface area (Å²) in [6, 6.07) is 3.05. The molecule has 1 aliphatic rings. The number of aromatic nitrogens is 4. The number of hydrazine groups is 1. The summed E-state index contributed by atoms with van der Waals surface area (Å²) in [5.41, 5.74) is -0.952. The minimum absolute atomic E-state index is 0.118. The summed E-state index contributed by atoms with van der Waals surface area (Å²) >= 11 is 5.73. The number of carbonyl (C=O) groups is 1. The fourth-order valence-corrected chi connectivity index (χ4v) is 3.19. The standard InChI is InChI=1S/C16H20ClFN6O2/c1-11(2)24(21-8-4-3-5-9-21)16(26)23-15(25)22(19-20-23)14-7-6-12(17)10-13(14)18/h6-7,10-11H,3-5,8-9H2,1-2H3. The lowest BCUT2D eigenvalue weighted by Gasteiger charge is -2.39. The van der Waals surface area contributed by atoms with E-state index in [-0.39, 0.29) is 16.8 Å². The second-order valence-electron chi connectivity index (χ2n) is 6.42. The summed E-state index contributed by atoms with van der Waals surface area (Å²) in [7, 11) is 0. The van der Waals surface area contributed by atoms with Crippen LogP contribution in [0.15, 0.2) is 23.0 Å². The van der Waals surface area contributed by atoms with Crippen molar-refractivity contribution in [3.05, 3.63) is 39.5 Å². The Morgan fingerprint density at radius 1 is 1.23 bits per heavy atom. The molecule has 0 aliphatic carbocycles. The molecule has 8 nitrogen and oxygen atoms in total. The van der Waals surface area contributed by atoms with Crippen molar-refractivity contribution in [2.24, 2.45) is 0 Å². The van der Waals surface area contributed by atoms with Gasteiger partial charge in [0, 0.05) is 24.2 Å². The van der Waals surface area contributed by atoms with Crippen LogP contribution < -0.4 is 5.69 Å². The molecule has 0 spiro atoms. The van der Waals surface area contributed by atoms with Gasteiger partial charge in [-0.05, 0) is 55.3 Å². The highest BCUT2D eigenvalue weighted by Crippen LogP contribution is 2.17. The van der Waals surface area contributed by atoms with Gasteiger partial charge >= 0.3 is 11.7 Å². The van der Waals surface area contributed by atoms with Crippen molar-refractivity contribution >= 4 is 17.6 Å². The van der Waals surface area contributed by atoms with E-state index >= 15 is 0 Å². The third-order valence-corrected chi connectivity index (χ3v) is 4.46. The first-order valence-corrected chi connectivity index (χ1v) is 8.87. The zero-order chi connectivity index (χ0) is 18.8. The van der Waals surface area contributed by atoms with Crippen molar-refractivity contribution in [1.29, 1.82) is 0 Å². The van der Waals surface area contributed by atoms with Gasteiger partial charge in [-0.2, -0.15) is 4.68 Å². The van der Waals surface area contributed by atoms with Gasteiger partial charge in [-0.3, -0.25) is 5.01 Å². The Morgan fingerprint density at radius 3 is 2.54 bits per heavy atom. The zero-order valence-corrected chi connectivity index (χ0v) is 15.4. The number of carbonyl (C=O) groups excluding carboxylic acids is 1. The number of halogens is 2. The van der Waals surface area contributed by atoms with Crippen molar-refractivity contribution in [3.63, 3.8) is 0 Å². The number of tetrazole rings is 1. The van der Waals surface area contributed by atoms with Gasteiger partial charge in [0.25, 0.3) is 0 Å². The first-order valence-electron chi connectivity index (χ1n) is 8.49. The van der Waals surface area contributed by atoms with Crippen LogP contribution in [0.5, 0.6) is 0 Å². The topological polar surface area (TPSA) is 76.3 Å². The van der Waals surface area contributed by atoms with Crippen molar-refractivity contribution in [3.8, 4) is 5.69 Å². The molecule has 0 bridgehead atoms. The number of amides is 1. The van der Waals surface area contributed by atoms with Crippen LogP contribution in [0.2, 0.25) is 5.02 Å². The van der Waals surface area contributed by atoms with Crippen LogP contribution in [-0.2, 0) is 0 Å². The number of benzene rings is 1. The van der Waals surface area contributed by atoms with Gasteiger partial charge in [-0.15, -0.1) is 4.68 Å². The number of piperidine rings is 1. The maximum Gasteiger partial charge on any atom is 0.377 e. The van der Waals surface area contributed by atoms with Gasteiger partial charge in [0.05, 0.1) is 0 Å². The molecule has 1 aromatic heterocycles. The van der Waals surface area contributed by atoms with Crippen LogP contribution in [0.1, 0.15) is 33.1 Å². The van der Waals surface area contributed by atoms with Crippen molar-refractivity contribution in [1.82, 2.24) is 29.8 Å². The maximum atomic E-state index is 14.1. The van der Waals surface area contributed by atoms with Crippen molar-refractivity contribution in [2.75, 3.05) is 13.1 Å². The van der Waals surface area contributed by atoms with E-state index in [1.165, 1.54) is 17.1 Å². The monoisotopic (exact) mass is 382 g/mol. The number of nitrogens with zero attached hydrogens (tertiary/aromatic N) is 6. The van der Waals surface area contributed by atoms with E-state index < -0.39 is 17.5 Å². The molecule has 1 saturated heterocycles. The van der Waals surface area contributed by atoms with Gasteiger partial charge in [0.15, 0.2) is 5.82 Å². The molecule has 3 rings (SSSR count). The van der Waals surface area contributed by atoms with E-state index in [0.717, 1.165) is 43.1 Å². The Hall–Kier alpha value is -2.26. The number of hydrogen-bond acceptors (Lipinski definition) is 5. The highest BCUT2D eigenvalue weighted by molar-refractivity contribution is 6.30. The Kier molecular flexibility index (Phi) is 5.38. The minimum atomic E-state index is -0.834. The lowest BCUT2D eigenvalue weighted by molar-refractivity contribution is -0.0242. The van der Waals surface area contributed by atoms with Crippen molar-refractivity contribution < 1.29 is 9.18 Å². The van der Waals surface area contributed by atoms with Crippen LogP contribution in [0.4, 0.5) is 9.18 Å². The summed E-state index contributed by atoms with van der Waals surface area (Å²) in [5, 5.41) is 10.9.